The maximum Gasteiger partial charge on any atom is 0.227 e. The summed E-state index contributed by atoms with van der Waals surface area (Å²) in [5.41, 5.74) is 2.52. The van der Waals surface area contributed by atoms with Crippen molar-refractivity contribution in [2.75, 3.05) is 18.0 Å². The molecule has 110 valence electrons. The van der Waals surface area contributed by atoms with Crippen molar-refractivity contribution >= 4 is 11.6 Å². The number of benzene rings is 1. The van der Waals surface area contributed by atoms with Gasteiger partial charge in [-0.2, -0.15) is 0 Å². The van der Waals surface area contributed by atoms with E-state index in [0.717, 1.165) is 25.2 Å². The molecule has 1 atom stereocenters. The van der Waals surface area contributed by atoms with E-state index in [2.05, 4.69) is 51.2 Å². The Morgan fingerprint density at radius 2 is 1.95 bits per heavy atom. The van der Waals surface area contributed by atoms with Crippen LogP contribution >= 0.6 is 0 Å². The number of anilines is 1. The number of aryl methyl sites for hydroxylation is 1. The highest BCUT2D eigenvalue weighted by atomic mass is 16.2. The molecule has 0 aromatic heterocycles. The first-order valence-corrected chi connectivity index (χ1v) is 7.50. The predicted molar refractivity (Wildman–Crippen MR) is 84.0 cm³/mol. The lowest BCUT2D eigenvalue weighted by molar-refractivity contribution is -0.119. The lowest BCUT2D eigenvalue weighted by Gasteiger charge is -2.32. The third-order valence-corrected chi connectivity index (χ3v) is 3.67. The van der Waals surface area contributed by atoms with Gasteiger partial charge in [-0.1, -0.05) is 25.1 Å². The Morgan fingerprint density at radius 3 is 2.65 bits per heavy atom. The van der Waals surface area contributed by atoms with Crippen LogP contribution in [0.1, 0.15) is 39.7 Å². The molecule has 0 saturated heterocycles. The van der Waals surface area contributed by atoms with E-state index in [9.17, 15) is 4.79 Å². The molecule has 3 nitrogen and oxygen atoms in total. The van der Waals surface area contributed by atoms with Crippen molar-refractivity contribution in [1.82, 2.24) is 5.32 Å². The second-order valence-corrected chi connectivity index (χ2v) is 6.87. The highest BCUT2D eigenvalue weighted by molar-refractivity contribution is 5.96. The van der Waals surface area contributed by atoms with Crippen LogP contribution in [0.25, 0.3) is 0 Å². The molecule has 0 saturated carbocycles. The van der Waals surface area contributed by atoms with Gasteiger partial charge >= 0.3 is 0 Å². The molecule has 1 aliphatic heterocycles. The summed E-state index contributed by atoms with van der Waals surface area (Å²) in [5, 5.41) is 3.51. The number of para-hydroxylation sites is 1. The molecule has 20 heavy (non-hydrogen) atoms. The fourth-order valence-electron chi connectivity index (χ4n) is 2.55. The van der Waals surface area contributed by atoms with Crippen LogP contribution in [-0.4, -0.2) is 24.5 Å². The normalized spacial score (nSPS) is 17.0. The molecule has 0 bridgehead atoms. The summed E-state index contributed by atoms with van der Waals surface area (Å²) < 4.78 is 0. The maximum atomic E-state index is 12.2. The van der Waals surface area contributed by atoms with Crippen LogP contribution in [0.15, 0.2) is 24.3 Å². The van der Waals surface area contributed by atoms with E-state index in [-0.39, 0.29) is 11.4 Å². The molecular weight excluding hydrogens is 248 g/mol. The maximum absolute atomic E-state index is 12.2. The van der Waals surface area contributed by atoms with Crippen molar-refractivity contribution in [1.29, 1.82) is 0 Å². The van der Waals surface area contributed by atoms with E-state index in [1.807, 2.05) is 11.0 Å². The van der Waals surface area contributed by atoms with Gasteiger partial charge < -0.3 is 10.2 Å². The minimum absolute atomic E-state index is 0.123. The van der Waals surface area contributed by atoms with E-state index < -0.39 is 0 Å². The van der Waals surface area contributed by atoms with Gasteiger partial charge in [-0.05, 0) is 51.3 Å². The standard InChI is InChI=1S/C17H26N2O/c1-13(11-18-17(2,3)4)12-19-15-8-6-5-7-14(15)9-10-16(19)20/h5-8,13,18H,9-12H2,1-4H3. The zero-order valence-electron chi connectivity index (χ0n) is 13.1. The quantitative estimate of drug-likeness (QED) is 0.915. The van der Waals surface area contributed by atoms with Crippen LogP contribution < -0.4 is 10.2 Å². The smallest absolute Gasteiger partial charge is 0.227 e. The summed E-state index contributed by atoms with van der Waals surface area (Å²) in [4.78, 5) is 14.2. The summed E-state index contributed by atoms with van der Waals surface area (Å²) in [7, 11) is 0. The predicted octanol–water partition coefficient (Wildman–Crippen LogP) is 2.99. The number of nitrogens with zero attached hydrogens (tertiary/aromatic N) is 1. The van der Waals surface area contributed by atoms with Gasteiger partial charge in [0.05, 0.1) is 0 Å². The zero-order valence-corrected chi connectivity index (χ0v) is 13.1. The molecule has 1 amide bonds. The van der Waals surface area contributed by atoms with Gasteiger partial charge in [-0.15, -0.1) is 0 Å². The molecule has 0 fully saturated rings. The first-order chi connectivity index (χ1) is 9.37. The van der Waals surface area contributed by atoms with E-state index >= 15 is 0 Å². The van der Waals surface area contributed by atoms with Gasteiger partial charge in [0.1, 0.15) is 0 Å². The van der Waals surface area contributed by atoms with Crippen molar-refractivity contribution in [3.05, 3.63) is 29.8 Å². The minimum Gasteiger partial charge on any atom is -0.312 e. The van der Waals surface area contributed by atoms with Gasteiger partial charge in [-0.25, -0.2) is 0 Å². The topological polar surface area (TPSA) is 32.3 Å². The number of amides is 1. The Hall–Kier alpha value is -1.35. The molecule has 0 radical (unpaired) electrons. The number of rotatable bonds is 4. The monoisotopic (exact) mass is 274 g/mol. The third-order valence-electron chi connectivity index (χ3n) is 3.67. The van der Waals surface area contributed by atoms with Crippen LogP contribution in [0.4, 0.5) is 5.69 Å². The summed E-state index contributed by atoms with van der Waals surface area (Å²) in [6, 6.07) is 8.27. The number of carbonyl (C=O) groups excluding carboxylic acids is 1. The van der Waals surface area contributed by atoms with Gasteiger partial charge in [-0.3, -0.25) is 4.79 Å². The van der Waals surface area contributed by atoms with Crippen molar-refractivity contribution in [2.24, 2.45) is 5.92 Å². The third kappa shape index (κ3) is 3.83. The highest BCUT2D eigenvalue weighted by Crippen LogP contribution is 2.28. The fourth-order valence-corrected chi connectivity index (χ4v) is 2.55. The Labute approximate surface area is 122 Å². The number of hydrogen-bond donors (Lipinski definition) is 1. The lowest BCUT2D eigenvalue weighted by Crippen LogP contribution is -2.44. The molecular formula is C17H26N2O. The molecule has 1 unspecified atom stereocenters. The zero-order chi connectivity index (χ0) is 14.8. The van der Waals surface area contributed by atoms with E-state index in [4.69, 9.17) is 0 Å². The van der Waals surface area contributed by atoms with Crippen LogP contribution in [0.2, 0.25) is 0 Å². The average Bonchev–Trinajstić information content (AvgIpc) is 2.39. The number of carbonyl (C=O) groups is 1. The first-order valence-electron chi connectivity index (χ1n) is 7.50. The Kier molecular flexibility index (Phi) is 4.48. The largest absolute Gasteiger partial charge is 0.312 e. The molecule has 3 heteroatoms. The lowest BCUT2D eigenvalue weighted by atomic mass is 9.99. The second kappa shape index (κ2) is 5.96. The molecule has 2 rings (SSSR count). The van der Waals surface area contributed by atoms with Gasteiger partial charge in [0, 0.05) is 24.2 Å². The van der Waals surface area contributed by atoms with Crippen LogP contribution in [-0.2, 0) is 11.2 Å². The Balaban J connectivity index is 2.03. The second-order valence-electron chi connectivity index (χ2n) is 6.87. The number of fused-ring (bicyclic) bond motifs is 1. The number of nitrogens with one attached hydrogen (secondary N) is 1. The molecule has 0 aliphatic carbocycles. The van der Waals surface area contributed by atoms with Crippen molar-refractivity contribution in [3.8, 4) is 0 Å². The van der Waals surface area contributed by atoms with Crippen LogP contribution in [0.3, 0.4) is 0 Å². The van der Waals surface area contributed by atoms with E-state index in [1.54, 1.807) is 0 Å². The highest BCUT2D eigenvalue weighted by Gasteiger charge is 2.25. The van der Waals surface area contributed by atoms with Crippen LogP contribution in [0, 0.1) is 5.92 Å². The molecule has 1 aromatic carbocycles. The van der Waals surface area contributed by atoms with Crippen molar-refractivity contribution in [3.63, 3.8) is 0 Å². The summed E-state index contributed by atoms with van der Waals surface area (Å²) in [5.74, 6) is 0.690. The van der Waals surface area contributed by atoms with E-state index in [0.29, 0.717) is 12.3 Å². The Bertz CT molecular complexity index is 476. The van der Waals surface area contributed by atoms with Gasteiger partial charge in [0.25, 0.3) is 0 Å². The molecule has 1 N–H and O–H groups in total. The minimum atomic E-state index is 0.123. The molecule has 1 heterocycles. The number of hydrogen-bond acceptors (Lipinski definition) is 2. The average molecular weight is 274 g/mol. The van der Waals surface area contributed by atoms with E-state index in [1.165, 1.54) is 5.56 Å². The van der Waals surface area contributed by atoms with Gasteiger partial charge in [0.2, 0.25) is 5.91 Å². The molecule has 0 spiro atoms. The summed E-state index contributed by atoms with van der Waals surface area (Å²) in [6.07, 6.45) is 1.51. The van der Waals surface area contributed by atoms with Gasteiger partial charge in [0.15, 0.2) is 0 Å². The summed E-state index contributed by atoms with van der Waals surface area (Å²) >= 11 is 0. The van der Waals surface area contributed by atoms with Crippen molar-refractivity contribution in [2.45, 2.75) is 46.1 Å². The summed E-state index contributed by atoms with van der Waals surface area (Å²) in [6.45, 7) is 10.4. The first kappa shape index (κ1) is 15.0. The Morgan fingerprint density at radius 1 is 1.25 bits per heavy atom. The molecule has 1 aliphatic rings. The van der Waals surface area contributed by atoms with Crippen LogP contribution in [0.5, 0.6) is 0 Å². The van der Waals surface area contributed by atoms with Crippen molar-refractivity contribution < 1.29 is 4.79 Å². The molecule has 1 aromatic rings. The fraction of sp³-hybridized carbons (Fsp3) is 0.588. The SMILES string of the molecule is CC(CNC(C)(C)C)CN1C(=O)CCc2ccccc21.